The number of nitrogens with zero attached hydrogens (tertiary/aromatic N) is 4. The summed E-state index contributed by atoms with van der Waals surface area (Å²) in [5.41, 5.74) is 5.90. The van der Waals surface area contributed by atoms with E-state index in [4.69, 9.17) is 0 Å². The van der Waals surface area contributed by atoms with E-state index < -0.39 is 0 Å². The van der Waals surface area contributed by atoms with Gasteiger partial charge in [0.2, 0.25) is 5.91 Å². The number of aromatic nitrogens is 4. The summed E-state index contributed by atoms with van der Waals surface area (Å²) >= 11 is 0. The van der Waals surface area contributed by atoms with E-state index in [1.165, 1.54) is 0 Å². The predicted octanol–water partition coefficient (Wildman–Crippen LogP) is 2.89. The van der Waals surface area contributed by atoms with Crippen LogP contribution in [0.25, 0.3) is 5.69 Å². The molecule has 0 atom stereocenters. The smallest absolute Gasteiger partial charge is 0.243 e. The van der Waals surface area contributed by atoms with Crippen molar-refractivity contribution in [2.45, 2.75) is 27.2 Å². The first-order valence-corrected chi connectivity index (χ1v) is 8.54. The summed E-state index contributed by atoms with van der Waals surface area (Å²) in [5.74, 6) is -0.0730. The molecule has 0 saturated heterocycles. The van der Waals surface area contributed by atoms with E-state index in [1.807, 2.05) is 50.2 Å². The summed E-state index contributed by atoms with van der Waals surface area (Å²) < 4.78 is 1.61. The van der Waals surface area contributed by atoms with Crippen LogP contribution < -0.4 is 10.6 Å². The molecule has 3 aromatic rings. The predicted molar refractivity (Wildman–Crippen MR) is 102 cm³/mol. The molecule has 0 aliphatic rings. The molecule has 1 aromatic heterocycles. The number of para-hydroxylation sites is 1. The Bertz CT molecular complexity index is 904. The van der Waals surface area contributed by atoms with Crippen molar-refractivity contribution in [2.75, 3.05) is 17.2 Å². The third-order valence-electron chi connectivity index (χ3n) is 4.25. The van der Waals surface area contributed by atoms with E-state index in [0.29, 0.717) is 0 Å². The molecule has 1 amide bonds. The van der Waals surface area contributed by atoms with Gasteiger partial charge in [-0.2, -0.15) is 0 Å². The van der Waals surface area contributed by atoms with E-state index in [1.54, 1.807) is 11.0 Å². The average Bonchev–Trinajstić information content (AvgIpc) is 3.16. The van der Waals surface area contributed by atoms with Crippen molar-refractivity contribution in [2.24, 2.45) is 0 Å². The van der Waals surface area contributed by atoms with Gasteiger partial charge < -0.3 is 10.6 Å². The number of carbonyl (C=O) groups excluding carboxylic acids is 1. The van der Waals surface area contributed by atoms with Gasteiger partial charge in [-0.3, -0.25) is 4.79 Å². The Morgan fingerprint density at radius 1 is 1.15 bits per heavy atom. The average molecular weight is 350 g/mol. The fraction of sp³-hybridized carbons (Fsp3) is 0.263. The number of rotatable bonds is 6. The third kappa shape index (κ3) is 3.88. The van der Waals surface area contributed by atoms with Crippen LogP contribution in [0.5, 0.6) is 0 Å². The van der Waals surface area contributed by atoms with Gasteiger partial charge in [-0.15, -0.1) is 5.10 Å². The Balaban J connectivity index is 1.64. The molecule has 2 N–H and O–H groups in total. The molecule has 0 saturated carbocycles. The van der Waals surface area contributed by atoms with Crippen molar-refractivity contribution in [3.05, 3.63) is 59.4 Å². The Labute approximate surface area is 152 Å². The second-order valence-electron chi connectivity index (χ2n) is 6.12. The molecule has 0 aliphatic carbocycles. The Morgan fingerprint density at radius 2 is 2.00 bits per heavy atom. The maximum absolute atomic E-state index is 12.3. The Morgan fingerprint density at radius 3 is 2.69 bits per heavy atom. The van der Waals surface area contributed by atoms with Crippen molar-refractivity contribution in [1.29, 1.82) is 0 Å². The first kappa shape index (κ1) is 17.6. The minimum Gasteiger partial charge on any atom is -0.376 e. The first-order valence-electron chi connectivity index (χ1n) is 8.54. The molecular weight excluding hydrogens is 328 g/mol. The fourth-order valence-corrected chi connectivity index (χ4v) is 2.86. The number of tetrazole rings is 1. The van der Waals surface area contributed by atoms with Gasteiger partial charge in [-0.25, -0.2) is 4.68 Å². The lowest BCUT2D eigenvalue weighted by molar-refractivity contribution is -0.114. The van der Waals surface area contributed by atoms with Crippen LogP contribution in [0.4, 0.5) is 11.4 Å². The minimum absolute atomic E-state index is 0.0730. The molecule has 7 nitrogen and oxygen atoms in total. The molecular formula is C19H22N6O. The van der Waals surface area contributed by atoms with Gasteiger partial charge in [0.15, 0.2) is 0 Å². The quantitative estimate of drug-likeness (QED) is 0.714. The molecule has 2 aromatic carbocycles. The highest BCUT2D eigenvalue weighted by Crippen LogP contribution is 2.21. The second kappa shape index (κ2) is 7.77. The highest BCUT2D eigenvalue weighted by molar-refractivity contribution is 5.95. The van der Waals surface area contributed by atoms with Crippen LogP contribution in [0.1, 0.15) is 23.6 Å². The lowest BCUT2D eigenvalue weighted by atomic mass is 10.1. The zero-order valence-corrected chi connectivity index (χ0v) is 15.2. The molecule has 0 spiro atoms. The Kier molecular flexibility index (Phi) is 5.26. The third-order valence-corrected chi connectivity index (χ3v) is 4.25. The number of hydrogen-bond donors (Lipinski definition) is 2. The molecule has 134 valence electrons. The van der Waals surface area contributed by atoms with Crippen LogP contribution in [0.15, 0.2) is 42.7 Å². The first-order chi connectivity index (χ1) is 12.6. The molecule has 0 unspecified atom stereocenters. The largest absolute Gasteiger partial charge is 0.376 e. The summed E-state index contributed by atoms with van der Waals surface area (Å²) in [6.07, 6.45) is 2.43. The number of anilines is 2. The van der Waals surface area contributed by atoms with E-state index >= 15 is 0 Å². The minimum atomic E-state index is -0.0730. The van der Waals surface area contributed by atoms with Gasteiger partial charge in [0.25, 0.3) is 0 Å². The highest BCUT2D eigenvalue weighted by Gasteiger charge is 2.09. The fourth-order valence-electron chi connectivity index (χ4n) is 2.86. The van der Waals surface area contributed by atoms with Crippen LogP contribution >= 0.6 is 0 Å². The van der Waals surface area contributed by atoms with Crippen LogP contribution in [0, 0.1) is 13.8 Å². The molecule has 0 bridgehead atoms. The van der Waals surface area contributed by atoms with Crippen LogP contribution in [0.2, 0.25) is 0 Å². The lowest BCUT2D eigenvalue weighted by Gasteiger charge is -2.14. The van der Waals surface area contributed by atoms with Crippen LogP contribution in [0.3, 0.4) is 0 Å². The molecule has 0 aliphatic heterocycles. The normalized spacial score (nSPS) is 10.6. The van der Waals surface area contributed by atoms with E-state index in [-0.39, 0.29) is 12.5 Å². The molecule has 26 heavy (non-hydrogen) atoms. The zero-order valence-electron chi connectivity index (χ0n) is 15.2. The van der Waals surface area contributed by atoms with Crippen LogP contribution in [-0.2, 0) is 11.2 Å². The van der Waals surface area contributed by atoms with Gasteiger partial charge in [0, 0.05) is 11.4 Å². The van der Waals surface area contributed by atoms with Crippen molar-refractivity contribution in [3.63, 3.8) is 0 Å². The summed E-state index contributed by atoms with van der Waals surface area (Å²) in [4.78, 5) is 12.3. The monoisotopic (exact) mass is 350 g/mol. The number of carbonyl (C=O) groups is 1. The van der Waals surface area contributed by atoms with Crippen molar-refractivity contribution >= 4 is 17.3 Å². The molecule has 1 heterocycles. The number of benzene rings is 2. The zero-order chi connectivity index (χ0) is 18.5. The molecule has 7 heteroatoms. The van der Waals surface area contributed by atoms with Gasteiger partial charge in [-0.1, -0.05) is 25.1 Å². The number of nitrogens with one attached hydrogen (secondary N) is 2. The van der Waals surface area contributed by atoms with Crippen LogP contribution in [-0.4, -0.2) is 32.7 Å². The summed E-state index contributed by atoms with van der Waals surface area (Å²) in [5, 5.41) is 17.4. The van der Waals surface area contributed by atoms with Gasteiger partial charge in [0.05, 0.1) is 12.2 Å². The van der Waals surface area contributed by atoms with Crippen molar-refractivity contribution in [1.82, 2.24) is 20.2 Å². The SMILES string of the molecule is CCc1cccc(C)c1NC(=O)CNc1ccc(-n2cnnn2)c(C)c1. The molecule has 3 rings (SSSR count). The molecule has 0 fully saturated rings. The highest BCUT2D eigenvalue weighted by atomic mass is 16.1. The van der Waals surface area contributed by atoms with E-state index in [0.717, 1.165) is 40.2 Å². The van der Waals surface area contributed by atoms with Gasteiger partial charge >= 0.3 is 0 Å². The van der Waals surface area contributed by atoms with E-state index in [2.05, 4.69) is 33.1 Å². The maximum atomic E-state index is 12.3. The lowest BCUT2D eigenvalue weighted by Crippen LogP contribution is -2.23. The number of aryl methyl sites for hydroxylation is 3. The number of hydrogen-bond acceptors (Lipinski definition) is 5. The Hall–Kier alpha value is -3.22. The maximum Gasteiger partial charge on any atom is 0.243 e. The summed E-state index contributed by atoms with van der Waals surface area (Å²) in [7, 11) is 0. The van der Waals surface area contributed by atoms with Gasteiger partial charge in [0.1, 0.15) is 6.33 Å². The molecule has 0 radical (unpaired) electrons. The van der Waals surface area contributed by atoms with Crippen molar-refractivity contribution in [3.8, 4) is 5.69 Å². The van der Waals surface area contributed by atoms with Crippen molar-refractivity contribution < 1.29 is 4.79 Å². The standard InChI is InChI=1S/C19H22N6O/c1-4-15-7-5-6-13(2)19(15)22-18(26)11-20-16-8-9-17(14(3)10-16)25-12-21-23-24-25/h5-10,12,20H,4,11H2,1-3H3,(H,22,26). The second-order valence-corrected chi connectivity index (χ2v) is 6.12. The van der Waals surface area contributed by atoms with Gasteiger partial charge in [-0.05, 0) is 65.6 Å². The summed E-state index contributed by atoms with van der Waals surface area (Å²) in [6.45, 7) is 6.26. The number of amides is 1. The summed E-state index contributed by atoms with van der Waals surface area (Å²) in [6, 6.07) is 11.8. The topological polar surface area (TPSA) is 84.7 Å². The van der Waals surface area contributed by atoms with E-state index in [9.17, 15) is 4.79 Å².